The van der Waals surface area contributed by atoms with Gasteiger partial charge in [-0.05, 0) is 67.2 Å². The summed E-state index contributed by atoms with van der Waals surface area (Å²) in [6.45, 7) is 1.59. The molecule has 0 fully saturated rings. The lowest BCUT2D eigenvalue weighted by Gasteiger charge is -2.23. The van der Waals surface area contributed by atoms with Crippen LogP contribution in [0.25, 0.3) is 22.6 Å². The number of nitrogens with one attached hydrogen (secondary N) is 1. The number of benzene rings is 2. The molecular formula is C26H23N3O6. The van der Waals surface area contributed by atoms with Crippen molar-refractivity contribution >= 4 is 40.5 Å². The molecular weight excluding hydrogens is 450 g/mol. The van der Waals surface area contributed by atoms with Crippen molar-refractivity contribution in [2.75, 3.05) is 6.79 Å². The van der Waals surface area contributed by atoms with Gasteiger partial charge in [-0.1, -0.05) is 24.3 Å². The van der Waals surface area contributed by atoms with Crippen molar-refractivity contribution in [3.05, 3.63) is 64.8 Å². The van der Waals surface area contributed by atoms with Crippen LogP contribution in [0.1, 0.15) is 46.9 Å². The first-order valence-corrected chi connectivity index (χ1v) is 11.2. The smallest absolute Gasteiger partial charge is 0.339 e. The molecule has 178 valence electrons. The first-order valence-electron chi connectivity index (χ1n) is 11.2. The summed E-state index contributed by atoms with van der Waals surface area (Å²) in [6, 6.07) is 12.0. The Labute approximate surface area is 200 Å². The van der Waals surface area contributed by atoms with Crippen molar-refractivity contribution in [1.82, 2.24) is 10.3 Å². The maximum atomic E-state index is 13.3. The topological polar surface area (TPSA) is 130 Å². The van der Waals surface area contributed by atoms with Crippen molar-refractivity contribution in [2.45, 2.75) is 32.3 Å². The molecule has 1 unspecified atom stereocenters. The standard InChI is InChI=1S/C26H23N3O6/c1-14(24(30)29-26(27)32)35-25(31)22-17-6-2-3-8-19(17)28-23-16(5-4-7-18(22)23)11-15-9-10-20-21(12-15)34-13-33-20/h2-3,6,8-12,14H,4-5,7,13H2,1H3,(H3,27,29,30,32). The third-order valence-corrected chi connectivity index (χ3v) is 6.01. The van der Waals surface area contributed by atoms with Gasteiger partial charge in [0.15, 0.2) is 17.6 Å². The predicted octanol–water partition coefficient (Wildman–Crippen LogP) is 3.58. The molecule has 3 aromatic rings. The van der Waals surface area contributed by atoms with Crippen LogP contribution in [0.3, 0.4) is 0 Å². The number of ether oxygens (including phenoxy) is 3. The molecule has 1 aliphatic heterocycles. The molecule has 35 heavy (non-hydrogen) atoms. The van der Waals surface area contributed by atoms with E-state index in [0.29, 0.717) is 34.4 Å². The van der Waals surface area contributed by atoms with E-state index in [2.05, 4.69) is 0 Å². The summed E-state index contributed by atoms with van der Waals surface area (Å²) >= 11 is 0. The van der Waals surface area contributed by atoms with E-state index in [9.17, 15) is 14.4 Å². The van der Waals surface area contributed by atoms with Gasteiger partial charge in [-0.25, -0.2) is 14.6 Å². The molecule has 1 aliphatic carbocycles. The Bertz CT molecular complexity index is 1400. The van der Waals surface area contributed by atoms with Gasteiger partial charge in [-0.3, -0.25) is 10.1 Å². The van der Waals surface area contributed by atoms with Crippen LogP contribution in [0, 0.1) is 0 Å². The Morgan fingerprint density at radius 2 is 1.91 bits per heavy atom. The van der Waals surface area contributed by atoms with Gasteiger partial charge in [-0.2, -0.15) is 0 Å². The summed E-state index contributed by atoms with van der Waals surface area (Å²) < 4.78 is 16.3. The molecule has 5 rings (SSSR count). The van der Waals surface area contributed by atoms with Crippen molar-refractivity contribution in [2.24, 2.45) is 5.73 Å². The highest BCUT2D eigenvalue weighted by Crippen LogP contribution is 2.38. The Hall–Kier alpha value is -4.40. The second-order valence-electron chi connectivity index (χ2n) is 8.37. The summed E-state index contributed by atoms with van der Waals surface area (Å²) in [5, 5.41) is 2.57. The quantitative estimate of drug-likeness (QED) is 0.554. The molecule has 3 amide bonds. The molecule has 2 aromatic carbocycles. The van der Waals surface area contributed by atoms with Crippen LogP contribution in [0.5, 0.6) is 11.5 Å². The first-order chi connectivity index (χ1) is 16.9. The van der Waals surface area contributed by atoms with Crippen molar-refractivity contribution in [1.29, 1.82) is 0 Å². The number of amides is 3. The molecule has 0 spiro atoms. The first kappa shape index (κ1) is 22.4. The SMILES string of the molecule is CC(OC(=O)c1c2c(nc3ccccc13)C(=Cc1ccc3c(c1)OCO3)CCC2)C(=O)NC(N)=O. The monoisotopic (exact) mass is 473 g/mol. The second kappa shape index (κ2) is 9.09. The third kappa shape index (κ3) is 4.40. The maximum Gasteiger partial charge on any atom is 0.339 e. The fourth-order valence-electron chi connectivity index (χ4n) is 4.41. The number of allylic oxidation sites excluding steroid dienone is 1. The molecule has 0 saturated carbocycles. The van der Waals surface area contributed by atoms with Gasteiger partial charge in [0.1, 0.15) is 0 Å². The number of aromatic nitrogens is 1. The van der Waals surface area contributed by atoms with Crippen molar-refractivity contribution in [3.63, 3.8) is 0 Å². The lowest BCUT2D eigenvalue weighted by Crippen LogP contribution is -2.42. The van der Waals surface area contributed by atoms with E-state index >= 15 is 0 Å². The number of primary amides is 1. The lowest BCUT2D eigenvalue weighted by atomic mass is 9.86. The molecule has 0 bridgehead atoms. The van der Waals surface area contributed by atoms with E-state index in [1.807, 2.05) is 53.9 Å². The van der Waals surface area contributed by atoms with E-state index in [0.717, 1.165) is 35.2 Å². The zero-order valence-electron chi connectivity index (χ0n) is 19.0. The Morgan fingerprint density at radius 1 is 1.11 bits per heavy atom. The molecule has 9 nitrogen and oxygen atoms in total. The fraction of sp³-hybridized carbons (Fsp3) is 0.231. The zero-order chi connectivity index (χ0) is 24.5. The molecule has 0 saturated heterocycles. The van der Waals surface area contributed by atoms with Gasteiger partial charge in [0.25, 0.3) is 5.91 Å². The highest BCUT2D eigenvalue weighted by atomic mass is 16.7. The number of carbonyl (C=O) groups is 3. The largest absolute Gasteiger partial charge is 0.454 e. The number of nitrogens with two attached hydrogens (primary N) is 1. The number of rotatable bonds is 4. The van der Waals surface area contributed by atoms with Crippen LogP contribution >= 0.6 is 0 Å². The molecule has 2 heterocycles. The number of fused-ring (bicyclic) bond motifs is 3. The van der Waals surface area contributed by atoms with Gasteiger partial charge in [-0.15, -0.1) is 0 Å². The summed E-state index contributed by atoms with van der Waals surface area (Å²) in [5.41, 5.74) is 9.46. The number of hydrogen-bond donors (Lipinski definition) is 2. The molecule has 0 radical (unpaired) electrons. The minimum atomic E-state index is -1.20. The van der Waals surface area contributed by atoms with Crippen LogP contribution < -0.4 is 20.5 Å². The predicted molar refractivity (Wildman–Crippen MR) is 128 cm³/mol. The minimum absolute atomic E-state index is 0.201. The maximum absolute atomic E-state index is 13.3. The zero-order valence-corrected chi connectivity index (χ0v) is 19.0. The lowest BCUT2D eigenvalue weighted by molar-refractivity contribution is -0.127. The number of nitrogens with zero attached hydrogens (tertiary/aromatic N) is 1. The highest BCUT2D eigenvalue weighted by molar-refractivity contribution is 6.07. The Kier molecular flexibility index (Phi) is 5.82. The number of hydrogen-bond acceptors (Lipinski definition) is 7. The highest BCUT2D eigenvalue weighted by Gasteiger charge is 2.28. The van der Waals surface area contributed by atoms with E-state index in [-0.39, 0.29) is 6.79 Å². The summed E-state index contributed by atoms with van der Waals surface area (Å²) in [5.74, 6) is -0.0491. The summed E-state index contributed by atoms with van der Waals surface area (Å²) in [6.07, 6.45) is 3.09. The minimum Gasteiger partial charge on any atom is -0.454 e. The van der Waals surface area contributed by atoms with E-state index < -0.39 is 24.0 Å². The second-order valence-corrected chi connectivity index (χ2v) is 8.37. The van der Waals surface area contributed by atoms with Crippen LogP contribution in [-0.4, -0.2) is 35.8 Å². The number of para-hydroxylation sites is 1. The number of esters is 1. The van der Waals surface area contributed by atoms with Gasteiger partial charge in [0.05, 0.1) is 16.8 Å². The average Bonchev–Trinajstić information content (AvgIpc) is 3.30. The van der Waals surface area contributed by atoms with Gasteiger partial charge >= 0.3 is 12.0 Å². The van der Waals surface area contributed by atoms with E-state index in [4.69, 9.17) is 24.9 Å². The van der Waals surface area contributed by atoms with Gasteiger partial charge in [0.2, 0.25) is 6.79 Å². The summed E-state index contributed by atoms with van der Waals surface area (Å²) in [4.78, 5) is 41.3. The van der Waals surface area contributed by atoms with Crippen LogP contribution in [-0.2, 0) is 16.0 Å². The Morgan fingerprint density at radius 3 is 2.74 bits per heavy atom. The van der Waals surface area contributed by atoms with Crippen LogP contribution in [0.15, 0.2) is 42.5 Å². The normalized spacial score (nSPS) is 16.0. The molecule has 3 N–H and O–H groups in total. The molecule has 2 aliphatic rings. The summed E-state index contributed by atoms with van der Waals surface area (Å²) in [7, 11) is 0. The van der Waals surface area contributed by atoms with Crippen LogP contribution in [0.2, 0.25) is 0 Å². The van der Waals surface area contributed by atoms with Gasteiger partial charge in [0, 0.05) is 5.39 Å². The average molecular weight is 473 g/mol. The number of pyridine rings is 1. The third-order valence-electron chi connectivity index (χ3n) is 6.01. The number of urea groups is 1. The Balaban J connectivity index is 1.56. The van der Waals surface area contributed by atoms with E-state index in [1.165, 1.54) is 6.92 Å². The molecule has 1 atom stereocenters. The van der Waals surface area contributed by atoms with Crippen LogP contribution in [0.4, 0.5) is 4.79 Å². The van der Waals surface area contributed by atoms with Crippen molar-refractivity contribution < 1.29 is 28.6 Å². The van der Waals surface area contributed by atoms with E-state index in [1.54, 1.807) is 0 Å². The van der Waals surface area contributed by atoms with Crippen molar-refractivity contribution in [3.8, 4) is 11.5 Å². The molecule has 9 heteroatoms. The van der Waals surface area contributed by atoms with Gasteiger partial charge < -0.3 is 19.9 Å². The number of imide groups is 1. The molecule has 1 aromatic heterocycles. The fourth-order valence-corrected chi connectivity index (χ4v) is 4.41. The number of carbonyl (C=O) groups excluding carboxylic acids is 3.